The number of halogens is 2. The molecule has 1 amide bonds. The van der Waals surface area contributed by atoms with Crippen molar-refractivity contribution in [1.82, 2.24) is 9.78 Å². The van der Waals surface area contributed by atoms with Crippen LogP contribution in [0.3, 0.4) is 0 Å². The molecule has 0 spiro atoms. The van der Waals surface area contributed by atoms with Gasteiger partial charge in [0.05, 0.1) is 17.8 Å². The Morgan fingerprint density at radius 1 is 1.18 bits per heavy atom. The van der Waals surface area contributed by atoms with E-state index in [1.54, 1.807) is 35.0 Å². The highest BCUT2D eigenvalue weighted by atomic mass is 35.5. The van der Waals surface area contributed by atoms with Gasteiger partial charge in [-0.2, -0.15) is 5.10 Å². The van der Waals surface area contributed by atoms with Crippen molar-refractivity contribution in [3.8, 4) is 11.4 Å². The van der Waals surface area contributed by atoms with E-state index in [4.69, 9.17) is 16.3 Å². The second-order valence-electron chi connectivity index (χ2n) is 6.67. The number of anilines is 1. The lowest BCUT2D eigenvalue weighted by molar-refractivity contribution is 0.102. The van der Waals surface area contributed by atoms with Crippen LogP contribution in [0.2, 0.25) is 5.02 Å². The van der Waals surface area contributed by atoms with Crippen LogP contribution in [0.1, 0.15) is 34.6 Å². The van der Waals surface area contributed by atoms with E-state index in [0.717, 1.165) is 42.6 Å². The highest BCUT2D eigenvalue weighted by Gasteiger charge is 2.25. The molecule has 1 heterocycles. The Hall–Kier alpha value is -2.86. The van der Waals surface area contributed by atoms with E-state index in [-0.39, 0.29) is 11.7 Å². The number of hydrogen-bond donors (Lipinski definition) is 1. The molecule has 7 heteroatoms. The van der Waals surface area contributed by atoms with Gasteiger partial charge in [0.2, 0.25) is 0 Å². The van der Waals surface area contributed by atoms with Crippen molar-refractivity contribution in [2.45, 2.75) is 25.7 Å². The number of benzene rings is 2. The number of methoxy groups -OCH3 is 1. The van der Waals surface area contributed by atoms with E-state index in [1.807, 2.05) is 0 Å². The molecule has 3 aromatic rings. The highest BCUT2D eigenvalue weighted by molar-refractivity contribution is 6.32. The molecule has 2 aromatic carbocycles. The smallest absolute Gasteiger partial charge is 0.276 e. The van der Waals surface area contributed by atoms with E-state index in [2.05, 4.69) is 10.4 Å². The van der Waals surface area contributed by atoms with E-state index >= 15 is 0 Å². The second kappa shape index (κ2) is 7.64. The fraction of sp³-hybridized carbons (Fsp3) is 0.238. The van der Waals surface area contributed by atoms with Gasteiger partial charge in [-0.1, -0.05) is 11.6 Å². The van der Waals surface area contributed by atoms with Crippen molar-refractivity contribution in [3.05, 3.63) is 70.3 Å². The number of rotatable bonds is 4. The maximum atomic E-state index is 13.3. The summed E-state index contributed by atoms with van der Waals surface area (Å²) in [6.45, 7) is 0. The Morgan fingerprint density at radius 2 is 1.93 bits per heavy atom. The van der Waals surface area contributed by atoms with Gasteiger partial charge in [-0.15, -0.1) is 0 Å². The normalized spacial score (nSPS) is 13.1. The minimum atomic E-state index is -0.306. The van der Waals surface area contributed by atoms with Gasteiger partial charge < -0.3 is 10.1 Å². The number of carbonyl (C=O) groups excluding carboxylic acids is 1. The molecule has 0 bridgehead atoms. The van der Waals surface area contributed by atoms with Gasteiger partial charge in [0, 0.05) is 16.9 Å². The summed E-state index contributed by atoms with van der Waals surface area (Å²) in [6.07, 6.45) is 3.68. The molecule has 144 valence electrons. The number of amides is 1. The quantitative estimate of drug-likeness (QED) is 0.685. The number of hydrogen-bond acceptors (Lipinski definition) is 3. The Bertz CT molecular complexity index is 1030. The minimum absolute atomic E-state index is 0.291. The van der Waals surface area contributed by atoms with Crippen molar-refractivity contribution >= 4 is 23.2 Å². The summed E-state index contributed by atoms with van der Waals surface area (Å²) in [5.41, 5.74) is 3.66. The lowest BCUT2D eigenvalue weighted by Crippen LogP contribution is -2.15. The third-order valence-corrected chi connectivity index (χ3v) is 5.17. The highest BCUT2D eigenvalue weighted by Crippen LogP contribution is 2.30. The van der Waals surface area contributed by atoms with Gasteiger partial charge in [0.1, 0.15) is 11.6 Å². The largest absolute Gasteiger partial charge is 0.495 e. The van der Waals surface area contributed by atoms with Crippen LogP contribution in [0, 0.1) is 5.82 Å². The zero-order valence-corrected chi connectivity index (χ0v) is 16.1. The van der Waals surface area contributed by atoms with Crippen molar-refractivity contribution < 1.29 is 13.9 Å². The molecule has 28 heavy (non-hydrogen) atoms. The first-order chi connectivity index (χ1) is 13.6. The average Bonchev–Trinajstić information content (AvgIpc) is 3.09. The molecule has 1 aliphatic carbocycles. The number of aromatic nitrogens is 2. The number of nitrogens with zero attached hydrogens (tertiary/aromatic N) is 2. The molecule has 4 rings (SSSR count). The van der Waals surface area contributed by atoms with Gasteiger partial charge in [0.15, 0.2) is 5.69 Å². The van der Waals surface area contributed by atoms with Crippen LogP contribution < -0.4 is 10.1 Å². The molecule has 0 fully saturated rings. The minimum Gasteiger partial charge on any atom is -0.495 e. The summed E-state index contributed by atoms with van der Waals surface area (Å²) < 4.78 is 20.2. The number of ether oxygens (including phenoxy) is 1. The molecule has 0 unspecified atom stereocenters. The van der Waals surface area contributed by atoms with E-state index in [1.165, 1.54) is 19.2 Å². The van der Waals surface area contributed by atoms with Crippen LogP contribution in [0.15, 0.2) is 42.5 Å². The predicted octanol–water partition coefficient (Wildman–Crippen LogP) is 4.80. The van der Waals surface area contributed by atoms with Crippen LogP contribution >= 0.6 is 11.6 Å². The monoisotopic (exact) mass is 399 g/mol. The molecule has 1 aliphatic rings. The van der Waals surface area contributed by atoms with Crippen molar-refractivity contribution in [3.63, 3.8) is 0 Å². The number of fused-ring (bicyclic) bond motifs is 1. The lowest BCUT2D eigenvalue weighted by Gasteiger charge is -2.14. The molecule has 5 nitrogen and oxygen atoms in total. The van der Waals surface area contributed by atoms with Crippen LogP contribution in [-0.2, 0) is 12.8 Å². The third-order valence-electron chi connectivity index (χ3n) is 4.88. The Morgan fingerprint density at radius 3 is 2.64 bits per heavy atom. The van der Waals surface area contributed by atoms with Crippen LogP contribution in [0.4, 0.5) is 10.1 Å². The van der Waals surface area contributed by atoms with Crippen molar-refractivity contribution in [2.24, 2.45) is 0 Å². The predicted molar refractivity (Wildman–Crippen MR) is 106 cm³/mol. The molecular weight excluding hydrogens is 381 g/mol. The lowest BCUT2D eigenvalue weighted by atomic mass is 9.95. The molecule has 0 aliphatic heterocycles. The molecule has 0 radical (unpaired) electrons. The van der Waals surface area contributed by atoms with Crippen LogP contribution in [-0.4, -0.2) is 22.8 Å². The van der Waals surface area contributed by atoms with Crippen molar-refractivity contribution in [1.29, 1.82) is 0 Å². The Kier molecular flexibility index (Phi) is 5.05. The first kappa shape index (κ1) is 18.5. The second-order valence-corrected chi connectivity index (χ2v) is 7.08. The summed E-state index contributed by atoms with van der Waals surface area (Å²) in [6, 6.07) is 11.2. The maximum absolute atomic E-state index is 13.3. The first-order valence-electron chi connectivity index (χ1n) is 9.08. The average molecular weight is 400 g/mol. The van der Waals surface area contributed by atoms with Gasteiger partial charge in [-0.3, -0.25) is 4.79 Å². The molecule has 0 atom stereocenters. The topological polar surface area (TPSA) is 56.1 Å². The molecule has 0 saturated carbocycles. The Labute approximate surface area is 167 Å². The molecule has 0 saturated heterocycles. The van der Waals surface area contributed by atoms with Crippen molar-refractivity contribution in [2.75, 3.05) is 12.4 Å². The maximum Gasteiger partial charge on any atom is 0.276 e. The summed E-state index contributed by atoms with van der Waals surface area (Å²) in [5, 5.41) is 7.84. The van der Waals surface area contributed by atoms with E-state index < -0.39 is 0 Å². The molecular formula is C21H19ClFN3O2. The standard InChI is InChI=1S/C21H19ClFN3O2/c1-28-19-11-8-14(12-17(19)22)24-21(27)20-16-4-2-3-5-18(16)26(25-20)15-9-6-13(23)7-10-15/h6-12H,2-5H2,1H3,(H,24,27). The first-order valence-corrected chi connectivity index (χ1v) is 9.46. The molecule has 1 aromatic heterocycles. The van der Waals surface area contributed by atoms with Crippen LogP contribution in [0.5, 0.6) is 5.75 Å². The van der Waals surface area contributed by atoms with E-state index in [0.29, 0.717) is 22.2 Å². The van der Waals surface area contributed by atoms with Gasteiger partial charge >= 0.3 is 0 Å². The van der Waals surface area contributed by atoms with Crippen LogP contribution in [0.25, 0.3) is 5.69 Å². The fourth-order valence-corrected chi connectivity index (χ4v) is 3.77. The van der Waals surface area contributed by atoms with Gasteiger partial charge in [0.25, 0.3) is 5.91 Å². The zero-order chi connectivity index (χ0) is 19.7. The zero-order valence-electron chi connectivity index (χ0n) is 15.3. The number of nitrogens with one attached hydrogen (secondary N) is 1. The SMILES string of the molecule is COc1ccc(NC(=O)c2nn(-c3ccc(F)cc3)c3c2CCCC3)cc1Cl. The molecule has 1 N–H and O–H groups in total. The van der Waals surface area contributed by atoms with Gasteiger partial charge in [-0.25, -0.2) is 9.07 Å². The number of carbonyl (C=O) groups is 1. The third kappa shape index (κ3) is 3.47. The summed E-state index contributed by atoms with van der Waals surface area (Å²) in [4.78, 5) is 12.9. The summed E-state index contributed by atoms with van der Waals surface area (Å²) in [5.74, 6) is -0.0583. The Balaban J connectivity index is 1.68. The van der Waals surface area contributed by atoms with Gasteiger partial charge in [-0.05, 0) is 68.1 Å². The summed E-state index contributed by atoms with van der Waals surface area (Å²) in [7, 11) is 1.54. The summed E-state index contributed by atoms with van der Waals surface area (Å²) >= 11 is 6.14. The fourth-order valence-electron chi connectivity index (χ4n) is 3.51. The van der Waals surface area contributed by atoms with E-state index in [9.17, 15) is 9.18 Å².